The maximum atomic E-state index is 12.0. The third-order valence-electron chi connectivity index (χ3n) is 2.08. The molecule has 0 aliphatic heterocycles. The monoisotopic (exact) mass is 273 g/mol. The van der Waals surface area contributed by atoms with E-state index in [1.165, 1.54) is 6.20 Å². The van der Waals surface area contributed by atoms with Gasteiger partial charge >= 0.3 is 0 Å². The summed E-state index contributed by atoms with van der Waals surface area (Å²) >= 11 is 1.13. The fourth-order valence-electron chi connectivity index (χ4n) is 1.30. The molecule has 7 heteroatoms. The summed E-state index contributed by atoms with van der Waals surface area (Å²) < 4.78 is 3.99. The normalized spacial score (nSPS) is 9.58. The number of anilines is 1. The van der Waals surface area contributed by atoms with E-state index in [4.69, 9.17) is 5.73 Å². The van der Waals surface area contributed by atoms with Crippen LogP contribution in [0.3, 0.4) is 0 Å². The third kappa shape index (κ3) is 3.58. The van der Waals surface area contributed by atoms with E-state index in [9.17, 15) is 4.79 Å². The van der Waals surface area contributed by atoms with Crippen LogP contribution in [0.1, 0.15) is 21.7 Å². The number of carbonyl (C=O) groups is 1. The zero-order valence-electron chi connectivity index (χ0n) is 10.2. The van der Waals surface area contributed by atoms with Crippen LogP contribution in [0, 0.1) is 18.8 Å². The minimum absolute atomic E-state index is 0.264. The third-order valence-corrected chi connectivity index (χ3v) is 2.81. The van der Waals surface area contributed by atoms with E-state index in [-0.39, 0.29) is 12.5 Å². The molecule has 0 saturated carbocycles. The van der Waals surface area contributed by atoms with Gasteiger partial charge in [0.2, 0.25) is 5.13 Å². The highest BCUT2D eigenvalue weighted by Crippen LogP contribution is 2.12. The maximum absolute atomic E-state index is 12.0. The van der Waals surface area contributed by atoms with Crippen molar-refractivity contribution < 1.29 is 4.79 Å². The zero-order chi connectivity index (χ0) is 13.7. The van der Waals surface area contributed by atoms with Crippen LogP contribution in [0.15, 0.2) is 18.5 Å². The quantitative estimate of drug-likeness (QED) is 0.789. The molecule has 3 N–H and O–H groups in total. The van der Waals surface area contributed by atoms with Gasteiger partial charge in [-0.05, 0) is 13.0 Å². The molecule has 0 atom stereocenters. The van der Waals surface area contributed by atoms with Gasteiger partial charge in [0, 0.05) is 29.5 Å². The maximum Gasteiger partial charge on any atom is 0.259 e. The van der Waals surface area contributed by atoms with Crippen LogP contribution < -0.4 is 11.1 Å². The van der Waals surface area contributed by atoms with E-state index in [1.807, 2.05) is 0 Å². The van der Waals surface area contributed by atoms with Crippen LogP contribution >= 0.6 is 11.5 Å². The van der Waals surface area contributed by atoms with E-state index >= 15 is 0 Å². The van der Waals surface area contributed by atoms with Gasteiger partial charge in [-0.1, -0.05) is 11.8 Å². The van der Waals surface area contributed by atoms with E-state index < -0.39 is 0 Å². The van der Waals surface area contributed by atoms with Crippen LogP contribution in [0.4, 0.5) is 5.13 Å². The highest BCUT2D eigenvalue weighted by atomic mass is 32.1. The fourth-order valence-corrected chi connectivity index (χ4v) is 1.87. The second-order valence-corrected chi connectivity index (χ2v) is 4.32. The molecule has 0 aliphatic carbocycles. The van der Waals surface area contributed by atoms with Gasteiger partial charge in [0.15, 0.2) is 0 Å². The number of aryl methyl sites for hydroxylation is 1. The SMILES string of the molecule is Cc1nsc(NC(=O)c2cncc(C#CCN)c2)n1. The van der Waals surface area contributed by atoms with Crippen LogP contribution in [0.25, 0.3) is 0 Å². The van der Waals surface area contributed by atoms with E-state index in [1.54, 1.807) is 19.2 Å². The Hall–Kier alpha value is -2.30. The van der Waals surface area contributed by atoms with Gasteiger partial charge in [-0.15, -0.1) is 0 Å². The summed E-state index contributed by atoms with van der Waals surface area (Å²) in [6.45, 7) is 2.03. The van der Waals surface area contributed by atoms with Crippen molar-refractivity contribution in [2.24, 2.45) is 5.73 Å². The van der Waals surface area contributed by atoms with Gasteiger partial charge in [-0.25, -0.2) is 4.98 Å². The number of nitrogens with two attached hydrogens (primary N) is 1. The van der Waals surface area contributed by atoms with Gasteiger partial charge < -0.3 is 5.73 Å². The molecule has 0 aliphatic rings. The summed E-state index contributed by atoms with van der Waals surface area (Å²) in [4.78, 5) is 20.0. The summed E-state index contributed by atoms with van der Waals surface area (Å²) in [5.41, 5.74) is 6.35. The average molecular weight is 273 g/mol. The number of aromatic nitrogens is 3. The Morgan fingerprint density at radius 2 is 2.37 bits per heavy atom. The molecule has 0 spiro atoms. The number of hydrogen-bond donors (Lipinski definition) is 2. The molecule has 0 aromatic carbocycles. The molecule has 19 heavy (non-hydrogen) atoms. The van der Waals surface area contributed by atoms with E-state index in [0.29, 0.717) is 22.1 Å². The predicted molar refractivity (Wildman–Crippen MR) is 72.8 cm³/mol. The number of pyridine rings is 1. The highest BCUT2D eigenvalue weighted by Gasteiger charge is 2.09. The van der Waals surface area contributed by atoms with Gasteiger partial charge in [-0.3, -0.25) is 15.1 Å². The first kappa shape index (κ1) is 13.1. The molecule has 6 nitrogen and oxygen atoms in total. The number of amides is 1. The molecule has 2 rings (SSSR count). The lowest BCUT2D eigenvalue weighted by Gasteiger charge is -2.00. The van der Waals surface area contributed by atoms with Crippen molar-refractivity contribution in [3.8, 4) is 11.8 Å². The minimum Gasteiger partial charge on any atom is -0.320 e. The van der Waals surface area contributed by atoms with E-state index in [2.05, 4.69) is 31.5 Å². The molecule has 2 heterocycles. The Labute approximate surface area is 114 Å². The molecule has 2 aromatic rings. The first-order chi connectivity index (χ1) is 9.19. The molecule has 2 aromatic heterocycles. The van der Waals surface area contributed by atoms with Crippen molar-refractivity contribution in [2.75, 3.05) is 11.9 Å². The largest absolute Gasteiger partial charge is 0.320 e. The van der Waals surface area contributed by atoms with Crippen LogP contribution in [-0.4, -0.2) is 26.8 Å². The number of nitrogens with zero attached hydrogens (tertiary/aromatic N) is 3. The van der Waals surface area contributed by atoms with Gasteiger partial charge in [0.25, 0.3) is 5.91 Å². The predicted octanol–water partition coefficient (Wildman–Crippen LogP) is 0.804. The minimum atomic E-state index is -0.292. The van der Waals surface area contributed by atoms with Crippen molar-refractivity contribution in [2.45, 2.75) is 6.92 Å². The standard InChI is InChI=1S/C12H11N5OS/c1-8-15-12(19-17-8)16-11(18)10-5-9(3-2-4-13)6-14-7-10/h5-7H,4,13H2,1H3,(H,15,16,17,18). The van der Waals surface area contributed by atoms with E-state index in [0.717, 1.165) is 11.5 Å². The highest BCUT2D eigenvalue weighted by molar-refractivity contribution is 7.09. The van der Waals surface area contributed by atoms with Crippen molar-refractivity contribution in [1.29, 1.82) is 0 Å². The molecule has 0 saturated heterocycles. The Morgan fingerprint density at radius 3 is 3.05 bits per heavy atom. The molecule has 0 radical (unpaired) electrons. The van der Waals surface area contributed by atoms with Crippen molar-refractivity contribution in [3.63, 3.8) is 0 Å². The molecule has 0 unspecified atom stereocenters. The van der Waals surface area contributed by atoms with Gasteiger partial charge in [0.05, 0.1) is 12.1 Å². The molecule has 1 amide bonds. The first-order valence-corrected chi connectivity index (χ1v) is 6.22. The number of carbonyl (C=O) groups excluding carboxylic acids is 1. The summed E-state index contributed by atoms with van der Waals surface area (Å²) in [6, 6.07) is 1.65. The van der Waals surface area contributed by atoms with Gasteiger partial charge in [-0.2, -0.15) is 4.37 Å². The van der Waals surface area contributed by atoms with Crippen molar-refractivity contribution in [1.82, 2.24) is 14.3 Å². The lowest BCUT2D eigenvalue weighted by atomic mass is 10.2. The molecule has 0 bridgehead atoms. The Kier molecular flexibility index (Phi) is 4.18. The summed E-state index contributed by atoms with van der Waals surface area (Å²) in [5, 5.41) is 3.11. The van der Waals surface area contributed by atoms with Crippen LogP contribution in [0.2, 0.25) is 0 Å². The lowest BCUT2D eigenvalue weighted by Crippen LogP contribution is -2.12. The zero-order valence-corrected chi connectivity index (χ0v) is 11.0. The van der Waals surface area contributed by atoms with Crippen LogP contribution in [-0.2, 0) is 0 Å². The Balaban J connectivity index is 2.15. The molecular formula is C12H11N5OS. The summed E-state index contributed by atoms with van der Waals surface area (Å²) in [7, 11) is 0. The van der Waals surface area contributed by atoms with Crippen molar-refractivity contribution >= 4 is 22.6 Å². The number of nitrogens with one attached hydrogen (secondary N) is 1. The summed E-state index contributed by atoms with van der Waals surface area (Å²) in [5.74, 6) is 5.87. The Bertz CT molecular complexity index is 655. The fraction of sp³-hybridized carbons (Fsp3) is 0.167. The van der Waals surface area contributed by atoms with Crippen LogP contribution in [0.5, 0.6) is 0 Å². The van der Waals surface area contributed by atoms with Gasteiger partial charge in [0.1, 0.15) is 5.82 Å². The second kappa shape index (κ2) is 6.04. The molecule has 96 valence electrons. The molecular weight excluding hydrogens is 262 g/mol. The number of rotatable bonds is 2. The van der Waals surface area contributed by atoms with Crippen molar-refractivity contribution in [3.05, 3.63) is 35.4 Å². The molecule has 0 fully saturated rings. The second-order valence-electron chi connectivity index (χ2n) is 3.57. The first-order valence-electron chi connectivity index (χ1n) is 5.44. The lowest BCUT2D eigenvalue weighted by molar-refractivity contribution is 0.102. The summed E-state index contributed by atoms with van der Waals surface area (Å²) in [6.07, 6.45) is 3.05. The number of hydrogen-bond acceptors (Lipinski definition) is 6. The smallest absolute Gasteiger partial charge is 0.259 e. The topological polar surface area (TPSA) is 93.8 Å². The Morgan fingerprint density at radius 1 is 1.53 bits per heavy atom. The average Bonchev–Trinajstić information content (AvgIpc) is 2.82.